The molecule has 0 unspecified atom stereocenters. The summed E-state index contributed by atoms with van der Waals surface area (Å²) in [6.45, 7) is 0. The van der Waals surface area contributed by atoms with Gasteiger partial charge in [0.1, 0.15) is 6.26 Å². The molecule has 0 fully saturated rings. The first kappa shape index (κ1) is 14.8. The minimum Gasteiger partial charge on any atom is -0.472 e. The van der Waals surface area contributed by atoms with Gasteiger partial charge >= 0.3 is 6.18 Å². The minimum absolute atomic E-state index is 0.164. The lowest BCUT2D eigenvalue weighted by molar-refractivity contribution is -0.141. The SMILES string of the molecule is O=C(Nc1n[nH]c(-c2ccoc2)n1)c1cccnc1C(F)(F)F. The number of H-pyrrole nitrogens is 1. The maximum absolute atomic E-state index is 12.8. The molecule has 2 N–H and O–H groups in total. The van der Waals surface area contributed by atoms with Crippen molar-refractivity contribution >= 4 is 11.9 Å². The first-order chi connectivity index (χ1) is 10.9. The molecule has 118 valence electrons. The second kappa shape index (κ2) is 5.55. The van der Waals surface area contributed by atoms with Crippen LogP contribution in [0.3, 0.4) is 0 Å². The number of nitrogens with one attached hydrogen (secondary N) is 2. The van der Waals surface area contributed by atoms with Gasteiger partial charge in [-0.05, 0) is 18.2 Å². The number of carbonyl (C=O) groups is 1. The van der Waals surface area contributed by atoms with Crippen molar-refractivity contribution in [3.8, 4) is 11.4 Å². The van der Waals surface area contributed by atoms with Crippen LogP contribution in [-0.4, -0.2) is 26.1 Å². The van der Waals surface area contributed by atoms with Gasteiger partial charge in [-0.15, -0.1) is 5.10 Å². The quantitative estimate of drug-likeness (QED) is 0.772. The summed E-state index contributed by atoms with van der Waals surface area (Å²) >= 11 is 0. The first-order valence-corrected chi connectivity index (χ1v) is 6.23. The Bertz CT molecular complexity index is 826. The predicted octanol–water partition coefficient (Wildman–Crippen LogP) is 2.73. The molecule has 10 heteroatoms. The van der Waals surface area contributed by atoms with E-state index in [0.29, 0.717) is 11.4 Å². The summed E-state index contributed by atoms with van der Waals surface area (Å²) in [6, 6.07) is 3.86. The van der Waals surface area contributed by atoms with Crippen molar-refractivity contribution in [2.45, 2.75) is 6.18 Å². The highest BCUT2D eigenvalue weighted by atomic mass is 19.4. The molecule has 3 rings (SSSR count). The third-order valence-corrected chi connectivity index (χ3v) is 2.83. The minimum atomic E-state index is -4.74. The van der Waals surface area contributed by atoms with Crippen molar-refractivity contribution in [3.05, 3.63) is 48.2 Å². The lowest BCUT2D eigenvalue weighted by Crippen LogP contribution is -2.20. The third kappa shape index (κ3) is 3.05. The fraction of sp³-hybridized carbons (Fsp3) is 0.0769. The molecule has 3 aromatic rings. The highest BCUT2D eigenvalue weighted by molar-refractivity contribution is 6.04. The maximum atomic E-state index is 12.8. The number of pyridine rings is 1. The summed E-state index contributed by atoms with van der Waals surface area (Å²) in [5, 5.41) is 8.44. The number of hydrogen-bond donors (Lipinski definition) is 2. The Balaban J connectivity index is 1.83. The number of anilines is 1. The van der Waals surface area contributed by atoms with Crippen molar-refractivity contribution in [1.82, 2.24) is 20.2 Å². The molecule has 3 aromatic heterocycles. The van der Waals surface area contributed by atoms with Crippen LogP contribution in [0.25, 0.3) is 11.4 Å². The molecule has 0 aliphatic heterocycles. The summed E-state index contributed by atoms with van der Waals surface area (Å²) in [6.07, 6.45) is -0.964. The molecular formula is C13H8F3N5O2. The zero-order valence-corrected chi connectivity index (χ0v) is 11.3. The average molecular weight is 323 g/mol. The van der Waals surface area contributed by atoms with Gasteiger partial charge in [0.2, 0.25) is 5.95 Å². The van der Waals surface area contributed by atoms with Crippen LogP contribution in [0.1, 0.15) is 16.1 Å². The Morgan fingerprint density at radius 3 is 2.83 bits per heavy atom. The van der Waals surface area contributed by atoms with Crippen molar-refractivity contribution in [3.63, 3.8) is 0 Å². The van der Waals surface area contributed by atoms with Crippen LogP contribution in [0.15, 0.2) is 41.3 Å². The van der Waals surface area contributed by atoms with Crippen molar-refractivity contribution < 1.29 is 22.4 Å². The molecule has 0 aliphatic carbocycles. The van der Waals surface area contributed by atoms with Gasteiger partial charge in [-0.25, -0.2) is 0 Å². The number of amides is 1. The van der Waals surface area contributed by atoms with Crippen LogP contribution in [0.5, 0.6) is 0 Å². The Labute approximate surface area is 126 Å². The summed E-state index contributed by atoms with van der Waals surface area (Å²) in [4.78, 5) is 19.2. The summed E-state index contributed by atoms with van der Waals surface area (Å²) in [5.74, 6) is -0.873. The molecule has 0 aromatic carbocycles. The Kier molecular flexibility index (Phi) is 3.56. The third-order valence-electron chi connectivity index (χ3n) is 2.83. The van der Waals surface area contributed by atoms with Crippen LogP contribution in [0, 0.1) is 0 Å². The Morgan fingerprint density at radius 1 is 1.30 bits per heavy atom. The van der Waals surface area contributed by atoms with E-state index in [1.165, 1.54) is 18.6 Å². The molecule has 0 radical (unpaired) electrons. The second-order valence-electron chi connectivity index (χ2n) is 4.37. The molecule has 1 amide bonds. The second-order valence-corrected chi connectivity index (χ2v) is 4.37. The average Bonchev–Trinajstić information content (AvgIpc) is 3.17. The van der Waals surface area contributed by atoms with E-state index in [0.717, 1.165) is 12.3 Å². The van der Waals surface area contributed by atoms with Gasteiger partial charge in [0.15, 0.2) is 11.5 Å². The van der Waals surface area contributed by atoms with Crippen LogP contribution in [0.2, 0.25) is 0 Å². The van der Waals surface area contributed by atoms with Crippen LogP contribution in [0.4, 0.5) is 19.1 Å². The standard InChI is InChI=1S/C13H8F3N5O2/c14-13(15,16)9-8(2-1-4-17-9)11(22)19-12-18-10(20-21-12)7-3-5-23-6-7/h1-6H,(H2,18,19,20,21,22). The summed E-state index contributed by atoms with van der Waals surface area (Å²) < 4.78 is 43.4. The molecule has 0 atom stereocenters. The number of hydrogen-bond acceptors (Lipinski definition) is 5. The molecule has 0 bridgehead atoms. The zero-order valence-electron chi connectivity index (χ0n) is 11.3. The molecule has 23 heavy (non-hydrogen) atoms. The van der Waals surface area contributed by atoms with Gasteiger partial charge in [-0.1, -0.05) is 0 Å². The maximum Gasteiger partial charge on any atom is 0.434 e. The number of furan rings is 1. The monoisotopic (exact) mass is 323 g/mol. The molecular weight excluding hydrogens is 315 g/mol. The molecule has 3 heterocycles. The van der Waals surface area contributed by atoms with Crippen LogP contribution in [-0.2, 0) is 6.18 Å². The van der Waals surface area contributed by atoms with E-state index in [4.69, 9.17) is 4.42 Å². The molecule has 0 saturated carbocycles. The molecule has 0 aliphatic rings. The number of rotatable bonds is 3. The van der Waals surface area contributed by atoms with Gasteiger partial charge in [-0.2, -0.15) is 18.2 Å². The number of aromatic amines is 1. The Morgan fingerprint density at radius 2 is 2.13 bits per heavy atom. The van der Waals surface area contributed by atoms with E-state index in [1.807, 2.05) is 0 Å². The van der Waals surface area contributed by atoms with Crippen molar-refractivity contribution in [2.75, 3.05) is 5.32 Å². The lowest BCUT2D eigenvalue weighted by atomic mass is 10.1. The van der Waals surface area contributed by atoms with Gasteiger partial charge in [-0.3, -0.25) is 20.2 Å². The predicted molar refractivity (Wildman–Crippen MR) is 71.3 cm³/mol. The number of carbonyl (C=O) groups excluding carboxylic acids is 1. The number of nitrogens with zero attached hydrogens (tertiary/aromatic N) is 3. The van der Waals surface area contributed by atoms with E-state index in [2.05, 4.69) is 25.5 Å². The zero-order chi connectivity index (χ0) is 16.4. The normalized spacial score (nSPS) is 11.4. The van der Waals surface area contributed by atoms with E-state index < -0.39 is 23.3 Å². The topological polar surface area (TPSA) is 96.7 Å². The summed E-state index contributed by atoms with van der Waals surface area (Å²) in [7, 11) is 0. The fourth-order valence-electron chi connectivity index (χ4n) is 1.83. The molecule has 0 spiro atoms. The smallest absolute Gasteiger partial charge is 0.434 e. The van der Waals surface area contributed by atoms with Crippen molar-refractivity contribution in [2.24, 2.45) is 0 Å². The number of alkyl halides is 3. The van der Waals surface area contributed by atoms with E-state index in [9.17, 15) is 18.0 Å². The van der Waals surface area contributed by atoms with Crippen LogP contribution >= 0.6 is 0 Å². The van der Waals surface area contributed by atoms with E-state index in [-0.39, 0.29) is 5.95 Å². The highest BCUT2D eigenvalue weighted by Crippen LogP contribution is 2.30. The van der Waals surface area contributed by atoms with E-state index >= 15 is 0 Å². The highest BCUT2D eigenvalue weighted by Gasteiger charge is 2.37. The number of aromatic nitrogens is 4. The Hall–Kier alpha value is -3.17. The van der Waals surface area contributed by atoms with Gasteiger partial charge in [0, 0.05) is 6.20 Å². The number of halogens is 3. The van der Waals surface area contributed by atoms with Gasteiger partial charge in [0.25, 0.3) is 5.91 Å². The lowest BCUT2D eigenvalue weighted by Gasteiger charge is -2.10. The van der Waals surface area contributed by atoms with Gasteiger partial charge in [0.05, 0.1) is 17.4 Å². The first-order valence-electron chi connectivity index (χ1n) is 6.23. The van der Waals surface area contributed by atoms with Gasteiger partial charge < -0.3 is 4.42 Å². The van der Waals surface area contributed by atoms with E-state index in [1.54, 1.807) is 6.07 Å². The van der Waals surface area contributed by atoms with Crippen molar-refractivity contribution in [1.29, 1.82) is 0 Å². The summed E-state index contributed by atoms with van der Waals surface area (Å²) in [5.41, 5.74) is -1.31. The molecule has 7 nitrogen and oxygen atoms in total. The molecule has 0 saturated heterocycles. The largest absolute Gasteiger partial charge is 0.472 e. The van der Waals surface area contributed by atoms with Crippen LogP contribution < -0.4 is 5.32 Å². The fourth-order valence-corrected chi connectivity index (χ4v) is 1.83.